The van der Waals surface area contributed by atoms with Crippen LogP contribution in [0.4, 0.5) is 5.69 Å². The Bertz CT molecular complexity index is 1650. The maximum Gasteiger partial charge on any atom is 0.310 e. The van der Waals surface area contributed by atoms with Crippen LogP contribution in [0.2, 0.25) is 5.02 Å². The molecule has 0 fully saturated rings. The van der Waals surface area contributed by atoms with Crippen LogP contribution in [0.15, 0.2) is 60.7 Å². The molecule has 1 heterocycles. The lowest BCUT2D eigenvalue weighted by Crippen LogP contribution is -2.54. The van der Waals surface area contributed by atoms with Crippen molar-refractivity contribution >= 4 is 46.0 Å². The van der Waals surface area contributed by atoms with E-state index in [2.05, 4.69) is 5.32 Å². The van der Waals surface area contributed by atoms with E-state index in [1.807, 2.05) is 65.0 Å². The van der Waals surface area contributed by atoms with E-state index in [1.165, 1.54) is 0 Å². The van der Waals surface area contributed by atoms with Crippen LogP contribution in [-0.4, -0.2) is 66.7 Å². The van der Waals surface area contributed by atoms with Gasteiger partial charge >= 0.3 is 5.97 Å². The molecular weight excluding hydrogens is 578 g/mol. The molecule has 1 N–H and O–H groups in total. The zero-order valence-corrected chi connectivity index (χ0v) is 27.1. The highest BCUT2D eigenvalue weighted by molar-refractivity contribution is 6.30. The van der Waals surface area contributed by atoms with Crippen molar-refractivity contribution in [1.82, 2.24) is 4.57 Å². The average Bonchev–Trinajstić information content (AvgIpc) is 3.28. The molecule has 3 aromatic carbocycles. The lowest BCUT2D eigenvalue weighted by Gasteiger charge is -2.36. The largest absolute Gasteiger partial charge is 0.497 e. The second-order valence-electron chi connectivity index (χ2n) is 11.2. The molecule has 0 spiro atoms. The maximum atomic E-state index is 13.6. The van der Waals surface area contributed by atoms with Crippen LogP contribution in [0.25, 0.3) is 10.9 Å². The first kappa shape index (κ1) is 32.8. The predicted octanol–water partition coefficient (Wildman–Crippen LogP) is 6.50. The first-order valence-corrected chi connectivity index (χ1v) is 15.2. The van der Waals surface area contributed by atoms with Crippen LogP contribution in [0.1, 0.15) is 46.6 Å². The smallest absolute Gasteiger partial charge is 0.310 e. The number of benzene rings is 3. The molecular formula is C35H41ClN3O5+. The Morgan fingerprint density at radius 1 is 0.932 bits per heavy atom. The minimum Gasteiger partial charge on any atom is -0.497 e. The first-order valence-electron chi connectivity index (χ1n) is 14.9. The topological polar surface area (TPSA) is 86.6 Å². The van der Waals surface area contributed by atoms with Gasteiger partial charge in [-0.15, -0.1) is 0 Å². The first-order chi connectivity index (χ1) is 21.0. The van der Waals surface area contributed by atoms with Crippen LogP contribution in [0.5, 0.6) is 5.75 Å². The number of fused-ring (bicyclic) bond motifs is 1. The van der Waals surface area contributed by atoms with Gasteiger partial charge in [0.15, 0.2) is 6.54 Å². The Kier molecular flexibility index (Phi) is 10.5. The number of esters is 1. The van der Waals surface area contributed by atoms with Gasteiger partial charge in [0.05, 0.1) is 32.1 Å². The summed E-state index contributed by atoms with van der Waals surface area (Å²) in [6, 6.07) is 18.1. The lowest BCUT2D eigenvalue weighted by molar-refractivity contribution is -0.917. The number of carbonyl (C=O) groups excluding carboxylic acids is 3. The van der Waals surface area contributed by atoms with E-state index in [1.54, 1.807) is 42.0 Å². The summed E-state index contributed by atoms with van der Waals surface area (Å²) in [6.45, 7) is 12.2. The molecule has 0 aliphatic carbocycles. The Labute approximate surface area is 264 Å². The van der Waals surface area contributed by atoms with Gasteiger partial charge in [-0.2, -0.15) is 0 Å². The third-order valence-corrected chi connectivity index (χ3v) is 8.80. The molecule has 0 aliphatic heterocycles. The molecule has 1 aromatic heterocycles. The fourth-order valence-electron chi connectivity index (χ4n) is 5.68. The number of nitrogens with zero attached hydrogens (tertiary/aromatic N) is 2. The van der Waals surface area contributed by atoms with Gasteiger partial charge in [0.1, 0.15) is 18.9 Å². The molecule has 4 aromatic rings. The Hall–Kier alpha value is -4.14. The highest BCUT2D eigenvalue weighted by atomic mass is 35.5. The normalized spacial score (nSPS) is 11.4. The SMILES string of the molecule is CC[N+](CC)(CCOC(=O)Cc1c(C)n(C(=O)c2ccc(Cl)cc2)c2ccc(OC)cc12)CC(=O)Nc1c(C)cccc1C. The number of likely N-dealkylation sites (N-methyl/N-ethyl adjacent to an activating group) is 1. The van der Waals surface area contributed by atoms with Gasteiger partial charge < -0.3 is 19.3 Å². The molecule has 0 saturated heterocycles. The number of halogens is 1. The number of nitrogens with one attached hydrogen (secondary N) is 1. The second-order valence-corrected chi connectivity index (χ2v) is 11.6. The van der Waals surface area contributed by atoms with Crippen LogP contribution in [0, 0.1) is 20.8 Å². The van der Waals surface area contributed by atoms with Crippen molar-refractivity contribution < 1.29 is 28.3 Å². The fraction of sp³-hybridized carbons (Fsp3) is 0.343. The molecule has 0 unspecified atom stereocenters. The van der Waals surface area contributed by atoms with E-state index < -0.39 is 5.97 Å². The van der Waals surface area contributed by atoms with Gasteiger partial charge in [-0.1, -0.05) is 29.8 Å². The maximum absolute atomic E-state index is 13.6. The molecule has 0 atom stereocenters. The van der Waals surface area contributed by atoms with Crippen LogP contribution < -0.4 is 10.1 Å². The molecule has 0 bridgehead atoms. The number of hydrogen-bond donors (Lipinski definition) is 1. The van der Waals surface area contributed by atoms with Gasteiger partial charge in [-0.3, -0.25) is 19.0 Å². The van der Waals surface area contributed by atoms with Crippen molar-refractivity contribution in [1.29, 1.82) is 0 Å². The highest BCUT2D eigenvalue weighted by Crippen LogP contribution is 2.31. The van der Waals surface area contributed by atoms with Crippen molar-refractivity contribution in [2.75, 3.05) is 45.2 Å². The number of carbonyl (C=O) groups is 3. The second kappa shape index (κ2) is 14.1. The summed E-state index contributed by atoms with van der Waals surface area (Å²) in [6.07, 6.45) is -0.0122. The number of aryl methyl sites for hydroxylation is 2. The number of rotatable bonds is 12. The minimum absolute atomic E-state index is 0.0122. The van der Waals surface area contributed by atoms with Crippen molar-refractivity contribution in [2.45, 2.75) is 41.0 Å². The Morgan fingerprint density at radius 2 is 1.59 bits per heavy atom. The highest BCUT2D eigenvalue weighted by Gasteiger charge is 2.28. The minimum atomic E-state index is -0.404. The summed E-state index contributed by atoms with van der Waals surface area (Å²) in [5.41, 5.74) is 5.38. The monoisotopic (exact) mass is 618 g/mol. The Balaban J connectivity index is 1.49. The quantitative estimate of drug-likeness (QED) is 0.145. The van der Waals surface area contributed by atoms with Crippen molar-refractivity contribution in [3.05, 3.63) is 93.6 Å². The number of hydrogen-bond acceptors (Lipinski definition) is 5. The summed E-state index contributed by atoms with van der Waals surface area (Å²) in [7, 11) is 1.58. The standard InChI is InChI=1S/C35H40ClN3O5/c1-7-39(8-2,22-32(40)37-34-23(3)10-9-11-24(34)4)18-19-44-33(41)21-29-25(5)38(31-17-16-28(43-6)20-30(29)31)35(42)26-12-14-27(36)15-13-26/h9-17,20H,7-8,18-19,21-22H2,1-6H3/p+1. The summed E-state index contributed by atoms with van der Waals surface area (Å²) >= 11 is 6.04. The molecule has 44 heavy (non-hydrogen) atoms. The molecule has 1 amide bonds. The summed E-state index contributed by atoms with van der Waals surface area (Å²) in [4.78, 5) is 39.9. The van der Waals surface area contributed by atoms with E-state index in [4.69, 9.17) is 21.1 Å². The zero-order valence-electron chi connectivity index (χ0n) is 26.3. The van der Waals surface area contributed by atoms with Crippen LogP contribution in [0.3, 0.4) is 0 Å². The molecule has 0 saturated carbocycles. The third-order valence-electron chi connectivity index (χ3n) is 8.55. The van der Waals surface area contributed by atoms with Gasteiger partial charge in [0.25, 0.3) is 11.8 Å². The number of quaternary nitrogens is 1. The zero-order chi connectivity index (χ0) is 32.0. The summed E-state index contributed by atoms with van der Waals surface area (Å²) in [5, 5.41) is 4.37. The fourth-order valence-corrected chi connectivity index (χ4v) is 5.81. The molecule has 0 radical (unpaired) electrons. The van der Waals surface area contributed by atoms with Crippen LogP contribution in [-0.2, 0) is 20.7 Å². The lowest BCUT2D eigenvalue weighted by atomic mass is 10.1. The van der Waals surface area contributed by atoms with E-state index in [0.29, 0.717) is 57.2 Å². The molecule has 232 valence electrons. The number of amides is 1. The Morgan fingerprint density at radius 3 is 2.20 bits per heavy atom. The molecule has 9 heteroatoms. The summed E-state index contributed by atoms with van der Waals surface area (Å²) in [5.74, 6) is -0.0733. The van der Waals surface area contributed by atoms with E-state index in [0.717, 1.165) is 22.2 Å². The van der Waals surface area contributed by atoms with Crippen LogP contribution >= 0.6 is 11.6 Å². The van der Waals surface area contributed by atoms with Crippen molar-refractivity contribution in [3.63, 3.8) is 0 Å². The van der Waals surface area contributed by atoms with Gasteiger partial charge in [0, 0.05) is 27.4 Å². The van der Waals surface area contributed by atoms with Gasteiger partial charge in [-0.25, -0.2) is 0 Å². The number of anilines is 1. The third kappa shape index (κ3) is 7.14. The van der Waals surface area contributed by atoms with Gasteiger partial charge in [0.2, 0.25) is 0 Å². The predicted molar refractivity (Wildman–Crippen MR) is 175 cm³/mol. The molecule has 4 rings (SSSR count). The van der Waals surface area contributed by atoms with Crippen molar-refractivity contribution in [2.24, 2.45) is 0 Å². The van der Waals surface area contributed by atoms with E-state index in [-0.39, 0.29) is 31.4 Å². The molecule has 8 nitrogen and oxygen atoms in total. The van der Waals surface area contributed by atoms with Gasteiger partial charge in [-0.05, 0) is 93.8 Å². The number of aromatic nitrogens is 1. The number of methoxy groups -OCH3 is 1. The number of para-hydroxylation sites is 1. The number of ether oxygens (including phenoxy) is 2. The van der Waals surface area contributed by atoms with E-state index >= 15 is 0 Å². The average molecular weight is 619 g/mol. The van der Waals surface area contributed by atoms with E-state index in [9.17, 15) is 14.4 Å². The molecule has 0 aliphatic rings. The summed E-state index contributed by atoms with van der Waals surface area (Å²) < 4.78 is 13.3. The van der Waals surface area contributed by atoms with Crippen molar-refractivity contribution in [3.8, 4) is 5.75 Å².